The van der Waals surface area contributed by atoms with Crippen molar-refractivity contribution in [2.24, 2.45) is 11.8 Å². The fourth-order valence-corrected chi connectivity index (χ4v) is 5.74. The molecule has 1 heterocycles. The van der Waals surface area contributed by atoms with Gasteiger partial charge in [0.25, 0.3) is 0 Å². The van der Waals surface area contributed by atoms with E-state index in [2.05, 4.69) is 19.2 Å². The molecule has 1 fully saturated rings. The summed E-state index contributed by atoms with van der Waals surface area (Å²) in [6, 6.07) is 8.22. The van der Waals surface area contributed by atoms with Crippen LogP contribution in [0.4, 0.5) is 0 Å². The lowest BCUT2D eigenvalue weighted by Gasteiger charge is -2.39. The van der Waals surface area contributed by atoms with Crippen LogP contribution in [0, 0.1) is 11.8 Å². The number of rotatable bonds is 14. The minimum Gasteiger partial charge on any atom is -0.386 e. The third-order valence-electron chi connectivity index (χ3n) is 8.39. The highest BCUT2D eigenvalue weighted by molar-refractivity contribution is 5.80. The van der Waals surface area contributed by atoms with Gasteiger partial charge < -0.3 is 29.7 Å². The molecule has 9 heteroatoms. The molecule has 220 valence electrons. The molecule has 2 rings (SSSR count). The summed E-state index contributed by atoms with van der Waals surface area (Å²) in [6.07, 6.45) is 0.714. The molecular formula is C30H49N3O6. The molecule has 1 aromatic rings. The van der Waals surface area contributed by atoms with E-state index < -0.39 is 30.3 Å². The van der Waals surface area contributed by atoms with Crippen molar-refractivity contribution in [3.05, 3.63) is 35.9 Å². The van der Waals surface area contributed by atoms with Gasteiger partial charge in [0.1, 0.15) is 0 Å². The van der Waals surface area contributed by atoms with Gasteiger partial charge in [-0.25, -0.2) is 0 Å². The molecule has 9 nitrogen and oxygen atoms in total. The molecule has 3 amide bonds. The Labute approximate surface area is 234 Å². The van der Waals surface area contributed by atoms with Crippen LogP contribution in [0.15, 0.2) is 30.3 Å². The smallest absolute Gasteiger partial charge is 0.225 e. The fourth-order valence-electron chi connectivity index (χ4n) is 5.74. The molecule has 0 aromatic heterocycles. The van der Waals surface area contributed by atoms with Gasteiger partial charge in [-0.2, -0.15) is 0 Å². The van der Waals surface area contributed by atoms with Gasteiger partial charge in [-0.05, 0) is 31.2 Å². The van der Waals surface area contributed by atoms with Crippen molar-refractivity contribution in [2.75, 3.05) is 27.8 Å². The van der Waals surface area contributed by atoms with Crippen LogP contribution in [0.1, 0.15) is 72.0 Å². The van der Waals surface area contributed by atoms with E-state index in [0.29, 0.717) is 6.54 Å². The molecule has 8 atom stereocenters. The summed E-state index contributed by atoms with van der Waals surface area (Å²) in [5.74, 6) is -0.779. The van der Waals surface area contributed by atoms with Crippen LogP contribution >= 0.6 is 0 Å². The minimum absolute atomic E-state index is 0.0697. The number of methoxy groups -OCH3 is 2. The topological polar surface area (TPSA) is 108 Å². The maximum atomic E-state index is 13.6. The second-order valence-corrected chi connectivity index (χ2v) is 10.9. The van der Waals surface area contributed by atoms with Crippen LogP contribution in [0.2, 0.25) is 0 Å². The second kappa shape index (κ2) is 15.3. The number of amides is 3. The van der Waals surface area contributed by atoms with Crippen molar-refractivity contribution in [3.8, 4) is 0 Å². The third kappa shape index (κ3) is 8.25. The van der Waals surface area contributed by atoms with Crippen LogP contribution < -0.4 is 5.32 Å². The Balaban J connectivity index is 2.13. The summed E-state index contributed by atoms with van der Waals surface area (Å²) in [6.45, 7) is 9.79. The lowest BCUT2D eigenvalue weighted by atomic mass is 9.90. The summed E-state index contributed by atoms with van der Waals surface area (Å²) in [5.41, 5.74) is 0.729. The highest BCUT2D eigenvalue weighted by Crippen LogP contribution is 2.29. The van der Waals surface area contributed by atoms with Crippen LogP contribution in [0.3, 0.4) is 0 Å². The number of benzene rings is 1. The molecule has 0 unspecified atom stereocenters. The van der Waals surface area contributed by atoms with Gasteiger partial charge in [0.05, 0.1) is 48.8 Å². The van der Waals surface area contributed by atoms with Crippen molar-refractivity contribution in [2.45, 2.75) is 96.7 Å². The van der Waals surface area contributed by atoms with Crippen molar-refractivity contribution < 1.29 is 29.0 Å². The molecule has 39 heavy (non-hydrogen) atoms. The molecular weight excluding hydrogens is 498 g/mol. The average Bonchev–Trinajstić information content (AvgIpc) is 3.42. The first kappa shape index (κ1) is 32.7. The molecule has 1 saturated heterocycles. The Hall–Kier alpha value is -2.49. The molecule has 1 aromatic carbocycles. The third-order valence-corrected chi connectivity index (χ3v) is 8.39. The number of aliphatic hydroxyl groups excluding tert-OH is 1. The molecule has 1 aliphatic heterocycles. The van der Waals surface area contributed by atoms with E-state index in [1.54, 1.807) is 40.0 Å². The van der Waals surface area contributed by atoms with Gasteiger partial charge in [0.2, 0.25) is 17.7 Å². The zero-order valence-corrected chi connectivity index (χ0v) is 24.9. The normalized spacial score (nSPS) is 20.8. The number of carbonyl (C=O) groups excluding carboxylic acids is 3. The Kier molecular flexibility index (Phi) is 12.9. The van der Waals surface area contributed by atoms with Gasteiger partial charge in [-0.1, -0.05) is 57.5 Å². The van der Waals surface area contributed by atoms with Crippen LogP contribution in [0.25, 0.3) is 0 Å². The van der Waals surface area contributed by atoms with Gasteiger partial charge in [-0.15, -0.1) is 0 Å². The van der Waals surface area contributed by atoms with Gasteiger partial charge in [0.15, 0.2) is 0 Å². The molecule has 0 saturated carbocycles. The minimum atomic E-state index is -0.842. The molecule has 0 spiro atoms. The summed E-state index contributed by atoms with van der Waals surface area (Å²) < 4.78 is 11.6. The highest BCUT2D eigenvalue weighted by atomic mass is 16.5. The standard InChI is InChI=1S/C30H49N3O6/c1-9-19(2)27(32(6)22(5)34)25(38-7)18-26(35)33-17-13-16-24(33)29(39-8)20(3)30(37)31-21(4)28(36)23-14-11-10-12-15-23/h10-12,14-15,19-21,24-25,27-29,36H,9,13,16-18H2,1-8H3,(H,31,37)/t19-,20+,21+,24-,25+,27-,28+,29+/m0/s1. The number of nitrogens with zero attached hydrogens (tertiary/aromatic N) is 2. The number of aliphatic hydroxyl groups is 1. The number of likely N-dealkylation sites (tertiary alicyclic amines) is 1. The summed E-state index contributed by atoms with van der Waals surface area (Å²) >= 11 is 0. The largest absolute Gasteiger partial charge is 0.386 e. The van der Waals surface area contributed by atoms with Crippen LogP contribution in [-0.2, 0) is 23.9 Å². The van der Waals surface area contributed by atoms with E-state index in [4.69, 9.17) is 9.47 Å². The number of ether oxygens (including phenoxy) is 2. The maximum absolute atomic E-state index is 13.6. The van der Waals surface area contributed by atoms with E-state index >= 15 is 0 Å². The molecule has 0 aliphatic carbocycles. The fraction of sp³-hybridized carbons (Fsp3) is 0.700. The SMILES string of the molecule is CC[C@H](C)[C@@H]([C@@H](CC(=O)N1CCC[C@H]1[C@H](OC)[C@@H](C)C(=O)N[C@H](C)[C@@H](O)c1ccccc1)OC)N(C)C(C)=O. The van der Waals surface area contributed by atoms with Crippen molar-refractivity contribution in [1.82, 2.24) is 15.1 Å². The van der Waals surface area contributed by atoms with E-state index in [1.165, 1.54) is 6.92 Å². The predicted octanol–water partition coefficient (Wildman–Crippen LogP) is 3.16. The zero-order chi connectivity index (χ0) is 29.3. The highest BCUT2D eigenvalue weighted by Gasteiger charge is 2.42. The van der Waals surface area contributed by atoms with E-state index in [-0.39, 0.29) is 42.1 Å². The maximum Gasteiger partial charge on any atom is 0.225 e. The first-order chi connectivity index (χ1) is 18.5. The molecule has 2 N–H and O–H groups in total. The lowest BCUT2D eigenvalue weighted by molar-refractivity contribution is -0.145. The number of carbonyl (C=O) groups is 3. The Morgan fingerprint density at radius 3 is 2.31 bits per heavy atom. The van der Waals surface area contributed by atoms with E-state index in [1.807, 2.05) is 35.2 Å². The summed E-state index contributed by atoms with van der Waals surface area (Å²) in [7, 11) is 4.90. The van der Waals surface area contributed by atoms with Crippen molar-refractivity contribution in [1.29, 1.82) is 0 Å². The summed E-state index contributed by atoms with van der Waals surface area (Å²) in [4.78, 5) is 42.5. The average molecular weight is 548 g/mol. The Bertz CT molecular complexity index is 929. The number of hydrogen-bond acceptors (Lipinski definition) is 6. The Morgan fingerprint density at radius 1 is 1.13 bits per heavy atom. The molecule has 0 bridgehead atoms. The predicted molar refractivity (Wildman–Crippen MR) is 151 cm³/mol. The van der Waals surface area contributed by atoms with Gasteiger partial charge in [-0.3, -0.25) is 14.4 Å². The first-order valence-electron chi connectivity index (χ1n) is 14.1. The number of nitrogens with one attached hydrogen (secondary N) is 1. The van der Waals surface area contributed by atoms with Crippen LogP contribution in [0.5, 0.6) is 0 Å². The molecule has 1 aliphatic rings. The summed E-state index contributed by atoms with van der Waals surface area (Å²) in [5, 5.41) is 13.6. The monoisotopic (exact) mass is 547 g/mol. The van der Waals surface area contributed by atoms with E-state index in [9.17, 15) is 19.5 Å². The first-order valence-corrected chi connectivity index (χ1v) is 14.1. The van der Waals surface area contributed by atoms with Crippen LogP contribution in [-0.4, -0.2) is 90.8 Å². The zero-order valence-electron chi connectivity index (χ0n) is 24.9. The second-order valence-electron chi connectivity index (χ2n) is 10.9. The Morgan fingerprint density at radius 2 is 1.77 bits per heavy atom. The van der Waals surface area contributed by atoms with Crippen molar-refractivity contribution >= 4 is 17.7 Å². The quantitative estimate of drug-likeness (QED) is 0.370. The van der Waals surface area contributed by atoms with Gasteiger partial charge in [0, 0.05) is 34.7 Å². The molecule has 0 radical (unpaired) electrons. The van der Waals surface area contributed by atoms with Gasteiger partial charge >= 0.3 is 0 Å². The number of likely N-dealkylation sites (N-methyl/N-ethyl adjacent to an activating group) is 1. The van der Waals surface area contributed by atoms with E-state index in [0.717, 1.165) is 24.8 Å². The number of hydrogen-bond donors (Lipinski definition) is 2. The lowest BCUT2D eigenvalue weighted by Crippen LogP contribution is -2.53. The van der Waals surface area contributed by atoms with Crippen molar-refractivity contribution in [3.63, 3.8) is 0 Å².